The maximum absolute atomic E-state index is 5.37. The van der Waals surface area contributed by atoms with E-state index in [2.05, 4.69) is 4.98 Å². The van der Waals surface area contributed by atoms with Crippen molar-refractivity contribution in [3.63, 3.8) is 0 Å². The van der Waals surface area contributed by atoms with Crippen LogP contribution in [-0.4, -0.2) is 4.98 Å². The second-order valence-electron chi connectivity index (χ2n) is 1.99. The van der Waals surface area contributed by atoms with Gasteiger partial charge in [0.2, 0.25) is 0 Å². The number of anilines is 2. The summed E-state index contributed by atoms with van der Waals surface area (Å²) in [6.45, 7) is 1.92. The number of hydrogen-bond donors (Lipinski definition) is 2. The molecular formula is C6H9N3. The molecule has 0 bridgehead atoms. The maximum Gasteiger partial charge on any atom is 0.126 e. The molecule has 9 heavy (non-hydrogen) atoms. The largest absolute Gasteiger partial charge is 0.384 e. The highest BCUT2D eigenvalue weighted by atomic mass is 14.9. The standard InChI is InChI=1S/C6H9N3/c1-4-2-5(7)9-6(8)3-4/h2-3H,1H3,(H4,7,8,9). The van der Waals surface area contributed by atoms with Crippen molar-refractivity contribution < 1.29 is 0 Å². The van der Waals surface area contributed by atoms with Crippen LogP contribution in [0.2, 0.25) is 0 Å². The van der Waals surface area contributed by atoms with E-state index >= 15 is 0 Å². The number of pyridine rings is 1. The first-order valence-corrected chi connectivity index (χ1v) is 2.68. The van der Waals surface area contributed by atoms with Crippen molar-refractivity contribution in [1.82, 2.24) is 4.98 Å². The van der Waals surface area contributed by atoms with Crippen LogP contribution in [0.15, 0.2) is 12.1 Å². The van der Waals surface area contributed by atoms with Crippen molar-refractivity contribution >= 4 is 11.6 Å². The molecule has 0 aromatic carbocycles. The van der Waals surface area contributed by atoms with Gasteiger partial charge in [-0.25, -0.2) is 4.98 Å². The predicted molar refractivity (Wildman–Crippen MR) is 37.8 cm³/mol. The van der Waals surface area contributed by atoms with Crippen molar-refractivity contribution in [2.75, 3.05) is 11.5 Å². The second-order valence-corrected chi connectivity index (χ2v) is 1.99. The van der Waals surface area contributed by atoms with E-state index in [0.29, 0.717) is 11.6 Å². The van der Waals surface area contributed by atoms with E-state index < -0.39 is 0 Å². The molecule has 0 atom stereocenters. The van der Waals surface area contributed by atoms with Crippen LogP contribution in [0.5, 0.6) is 0 Å². The van der Waals surface area contributed by atoms with Crippen LogP contribution in [0.1, 0.15) is 5.56 Å². The van der Waals surface area contributed by atoms with Gasteiger partial charge in [-0.3, -0.25) is 0 Å². The Balaban J connectivity index is 3.17. The first-order chi connectivity index (χ1) is 4.18. The molecule has 3 nitrogen and oxygen atoms in total. The zero-order chi connectivity index (χ0) is 6.85. The fourth-order valence-electron chi connectivity index (χ4n) is 0.722. The third kappa shape index (κ3) is 1.32. The lowest BCUT2D eigenvalue weighted by Gasteiger charge is -1.95. The summed E-state index contributed by atoms with van der Waals surface area (Å²) in [5, 5.41) is 0. The smallest absolute Gasteiger partial charge is 0.126 e. The van der Waals surface area contributed by atoms with E-state index in [4.69, 9.17) is 11.5 Å². The van der Waals surface area contributed by atoms with Crippen molar-refractivity contribution in [3.05, 3.63) is 17.7 Å². The molecule has 1 aromatic heterocycles. The summed E-state index contributed by atoms with van der Waals surface area (Å²) in [6, 6.07) is 3.55. The van der Waals surface area contributed by atoms with Gasteiger partial charge in [-0.2, -0.15) is 0 Å². The Kier molecular flexibility index (Phi) is 1.26. The molecule has 0 aliphatic carbocycles. The molecule has 0 fully saturated rings. The van der Waals surface area contributed by atoms with E-state index in [0.717, 1.165) is 5.56 Å². The Morgan fingerprint density at radius 2 is 1.67 bits per heavy atom. The first-order valence-electron chi connectivity index (χ1n) is 2.68. The summed E-state index contributed by atoms with van der Waals surface area (Å²) < 4.78 is 0. The lowest BCUT2D eigenvalue weighted by atomic mass is 10.3. The van der Waals surface area contributed by atoms with Crippen LogP contribution in [0.4, 0.5) is 11.6 Å². The van der Waals surface area contributed by atoms with Crippen molar-refractivity contribution in [2.24, 2.45) is 0 Å². The first kappa shape index (κ1) is 5.88. The highest BCUT2D eigenvalue weighted by Crippen LogP contribution is 2.06. The van der Waals surface area contributed by atoms with Gasteiger partial charge in [0.05, 0.1) is 0 Å². The van der Waals surface area contributed by atoms with Crippen LogP contribution in [0, 0.1) is 6.92 Å². The molecule has 3 heteroatoms. The highest BCUT2D eigenvalue weighted by molar-refractivity contribution is 5.42. The van der Waals surface area contributed by atoms with Gasteiger partial charge in [-0.1, -0.05) is 0 Å². The van der Waals surface area contributed by atoms with Crippen molar-refractivity contribution in [3.8, 4) is 0 Å². The minimum absolute atomic E-state index is 0.479. The Bertz CT molecular complexity index is 169. The van der Waals surface area contributed by atoms with Gasteiger partial charge >= 0.3 is 0 Å². The van der Waals surface area contributed by atoms with Crippen LogP contribution in [0.25, 0.3) is 0 Å². The van der Waals surface area contributed by atoms with Gasteiger partial charge in [0.25, 0.3) is 0 Å². The van der Waals surface area contributed by atoms with Crippen LogP contribution >= 0.6 is 0 Å². The molecule has 0 saturated heterocycles. The third-order valence-electron chi connectivity index (χ3n) is 1.01. The van der Waals surface area contributed by atoms with Gasteiger partial charge in [-0.05, 0) is 24.6 Å². The molecule has 1 rings (SSSR count). The average Bonchev–Trinajstić information content (AvgIpc) is 1.59. The predicted octanol–water partition coefficient (Wildman–Crippen LogP) is 0.554. The van der Waals surface area contributed by atoms with E-state index in [9.17, 15) is 0 Å². The Hall–Kier alpha value is -1.25. The number of hydrogen-bond acceptors (Lipinski definition) is 3. The molecule has 0 aliphatic rings. The number of aromatic nitrogens is 1. The normalized spacial score (nSPS) is 9.44. The van der Waals surface area contributed by atoms with Crippen molar-refractivity contribution in [2.45, 2.75) is 6.92 Å². The number of aryl methyl sites for hydroxylation is 1. The third-order valence-corrected chi connectivity index (χ3v) is 1.01. The molecule has 0 spiro atoms. The second kappa shape index (κ2) is 1.93. The minimum Gasteiger partial charge on any atom is -0.384 e. The zero-order valence-corrected chi connectivity index (χ0v) is 5.26. The molecular weight excluding hydrogens is 114 g/mol. The summed E-state index contributed by atoms with van der Waals surface area (Å²) in [5.41, 5.74) is 11.8. The van der Waals surface area contributed by atoms with Gasteiger partial charge in [0.15, 0.2) is 0 Å². The topological polar surface area (TPSA) is 64.9 Å². The molecule has 0 aliphatic heterocycles. The average molecular weight is 123 g/mol. The van der Waals surface area contributed by atoms with Crippen molar-refractivity contribution in [1.29, 1.82) is 0 Å². The van der Waals surface area contributed by atoms with Crippen LogP contribution in [-0.2, 0) is 0 Å². The van der Waals surface area contributed by atoms with Gasteiger partial charge in [0, 0.05) is 0 Å². The maximum atomic E-state index is 5.37. The number of nitrogens with zero attached hydrogens (tertiary/aromatic N) is 1. The monoisotopic (exact) mass is 123 g/mol. The molecule has 48 valence electrons. The van der Waals surface area contributed by atoms with Gasteiger partial charge < -0.3 is 11.5 Å². The fraction of sp³-hybridized carbons (Fsp3) is 0.167. The SMILES string of the molecule is Cc1cc(N)nc(N)c1. The Morgan fingerprint density at radius 1 is 1.22 bits per heavy atom. The van der Waals surface area contributed by atoms with E-state index in [1.807, 2.05) is 6.92 Å². The molecule has 0 unspecified atom stereocenters. The lowest BCUT2D eigenvalue weighted by Crippen LogP contribution is -1.95. The highest BCUT2D eigenvalue weighted by Gasteiger charge is 1.89. The fourth-order valence-corrected chi connectivity index (χ4v) is 0.722. The van der Waals surface area contributed by atoms with Crippen LogP contribution < -0.4 is 11.5 Å². The van der Waals surface area contributed by atoms with Gasteiger partial charge in [0.1, 0.15) is 11.6 Å². The van der Waals surface area contributed by atoms with E-state index in [-0.39, 0.29) is 0 Å². The molecule has 1 heterocycles. The summed E-state index contributed by atoms with van der Waals surface area (Å²) in [5.74, 6) is 0.958. The number of rotatable bonds is 0. The molecule has 0 saturated carbocycles. The minimum atomic E-state index is 0.479. The van der Waals surface area contributed by atoms with E-state index in [1.54, 1.807) is 12.1 Å². The number of nitrogens with two attached hydrogens (primary N) is 2. The summed E-state index contributed by atoms with van der Waals surface area (Å²) in [7, 11) is 0. The molecule has 1 aromatic rings. The Morgan fingerprint density at radius 3 is 2.00 bits per heavy atom. The quantitative estimate of drug-likeness (QED) is 0.529. The summed E-state index contributed by atoms with van der Waals surface area (Å²) in [4.78, 5) is 3.79. The molecule has 0 radical (unpaired) electrons. The van der Waals surface area contributed by atoms with Gasteiger partial charge in [-0.15, -0.1) is 0 Å². The Labute approximate surface area is 53.7 Å². The lowest BCUT2D eigenvalue weighted by molar-refractivity contribution is 1.30. The zero-order valence-electron chi connectivity index (χ0n) is 5.26. The number of nitrogen functional groups attached to an aromatic ring is 2. The van der Waals surface area contributed by atoms with Crippen LogP contribution in [0.3, 0.4) is 0 Å². The summed E-state index contributed by atoms with van der Waals surface area (Å²) >= 11 is 0. The summed E-state index contributed by atoms with van der Waals surface area (Å²) in [6.07, 6.45) is 0. The molecule has 0 amide bonds. The van der Waals surface area contributed by atoms with E-state index in [1.165, 1.54) is 0 Å². The molecule has 4 N–H and O–H groups in total.